The Morgan fingerprint density at radius 1 is 1.00 bits per heavy atom. The van der Waals surface area contributed by atoms with Gasteiger partial charge in [-0.1, -0.05) is 48.2 Å². The molecule has 0 atom stereocenters. The fourth-order valence-electron chi connectivity index (χ4n) is 4.21. The molecule has 1 amide bonds. The summed E-state index contributed by atoms with van der Waals surface area (Å²) in [6, 6.07) is 22.3. The maximum atomic E-state index is 11.8. The van der Waals surface area contributed by atoms with Gasteiger partial charge in [0, 0.05) is 35.6 Å². The number of carbonyl (C=O) groups is 1. The molecule has 5 rings (SSSR count). The average molecular weight is 513 g/mol. The molecule has 1 aliphatic heterocycles. The molecule has 0 spiro atoms. The largest absolute Gasteiger partial charge is 0.450 e. The number of para-hydroxylation sites is 2. The maximum Gasteiger partial charge on any atom is 0.411 e. The van der Waals surface area contributed by atoms with Crippen molar-refractivity contribution in [2.75, 3.05) is 34.8 Å². The maximum absolute atomic E-state index is 11.8. The van der Waals surface area contributed by atoms with Crippen LogP contribution in [0.1, 0.15) is 19.8 Å². The highest BCUT2D eigenvalue weighted by Crippen LogP contribution is 2.40. The minimum Gasteiger partial charge on any atom is -0.450 e. The van der Waals surface area contributed by atoms with Crippen LogP contribution in [0, 0.1) is 0 Å². The number of benzene rings is 2. The molecular weight excluding hydrogens is 484 g/mol. The van der Waals surface area contributed by atoms with E-state index in [1.807, 2.05) is 42.5 Å². The number of carbonyl (C=O) groups excluding carboxylic acids is 1. The lowest BCUT2D eigenvalue weighted by molar-refractivity contribution is 0.168. The molecule has 3 heterocycles. The zero-order chi connectivity index (χ0) is 25.5. The molecule has 37 heavy (non-hydrogen) atoms. The Morgan fingerprint density at radius 3 is 2.32 bits per heavy atom. The van der Waals surface area contributed by atoms with Crippen molar-refractivity contribution in [1.82, 2.24) is 15.0 Å². The van der Waals surface area contributed by atoms with Crippen LogP contribution in [0.3, 0.4) is 0 Å². The molecule has 1 saturated heterocycles. The van der Waals surface area contributed by atoms with Gasteiger partial charge in [0.25, 0.3) is 0 Å². The third-order valence-corrected chi connectivity index (χ3v) is 6.68. The Balaban J connectivity index is 1.53. The van der Waals surface area contributed by atoms with Gasteiger partial charge in [0.2, 0.25) is 0 Å². The molecule has 8 nitrogen and oxygen atoms in total. The van der Waals surface area contributed by atoms with Crippen LogP contribution in [-0.2, 0) is 4.74 Å². The summed E-state index contributed by atoms with van der Waals surface area (Å²) >= 11 is 1.44. The zero-order valence-electron chi connectivity index (χ0n) is 20.6. The smallest absolute Gasteiger partial charge is 0.411 e. The normalized spacial score (nSPS) is 12.8. The first-order valence-corrected chi connectivity index (χ1v) is 13.1. The molecule has 0 bridgehead atoms. The molecule has 2 aromatic heterocycles. The van der Waals surface area contributed by atoms with E-state index in [1.54, 1.807) is 25.5 Å². The second-order valence-corrected chi connectivity index (χ2v) is 9.51. The lowest BCUT2D eigenvalue weighted by atomic mass is 10.2. The van der Waals surface area contributed by atoms with Crippen molar-refractivity contribution in [3.63, 3.8) is 0 Å². The molecule has 1 fully saturated rings. The Bertz CT molecular complexity index is 1290. The summed E-state index contributed by atoms with van der Waals surface area (Å²) in [6.45, 7) is 3.98. The number of rotatable bonds is 8. The number of pyridine rings is 1. The van der Waals surface area contributed by atoms with Crippen molar-refractivity contribution in [2.45, 2.75) is 29.7 Å². The Labute approximate surface area is 220 Å². The minimum atomic E-state index is -0.509. The van der Waals surface area contributed by atoms with Crippen molar-refractivity contribution >= 4 is 46.6 Å². The van der Waals surface area contributed by atoms with Crippen LogP contribution in [-0.4, -0.2) is 40.7 Å². The standard InChI is InChI=1S/C28H28N6O2S/c1-2-36-28(35)31-21-17-24(19-29-18-21)37-25-20-30-26(33-15-9-10-16-33)27(32-25)34(22-11-5-3-6-12-22)23-13-7-4-8-14-23/h3-8,11-14,17-20H,2,9-10,15-16H2,1H3,(H,31,35). The van der Waals surface area contributed by atoms with E-state index in [9.17, 15) is 4.79 Å². The van der Waals surface area contributed by atoms with Gasteiger partial charge in [0.15, 0.2) is 11.6 Å². The number of aromatic nitrogens is 3. The van der Waals surface area contributed by atoms with Crippen molar-refractivity contribution in [1.29, 1.82) is 0 Å². The fraction of sp³-hybridized carbons (Fsp3) is 0.214. The summed E-state index contributed by atoms with van der Waals surface area (Å²) < 4.78 is 4.97. The van der Waals surface area contributed by atoms with E-state index in [2.05, 4.69) is 44.4 Å². The number of ether oxygens (including phenoxy) is 1. The molecule has 2 aromatic carbocycles. The van der Waals surface area contributed by atoms with Gasteiger partial charge in [0.1, 0.15) is 5.03 Å². The number of nitrogens with one attached hydrogen (secondary N) is 1. The number of amides is 1. The van der Waals surface area contributed by atoms with Crippen LogP contribution in [0.2, 0.25) is 0 Å². The second kappa shape index (κ2) is 11.7. The second-order valence-electron chi connectivity index (χ2n) is 8.41. The van der Waals surface area contributed by atoms with Gasteiger partial charge >= 0.3 is 6.09 Å². The van der Waals surface area contributed by atoms with Gasteiger partial charge in [-0.3, -0.25) is 15.2 Å². The van der Waals surface area contributed by atoms with Gasteiger partial charge in [-0.05, 0) is 50.1 Å². The number of hydrogen-bond acceptors (Lipinski definition) is 8. The Hall–Kier alpha value is -4.11. The average Bonchev–Trinajstić information content (AvgIpc) is 3.46. The quantitative estimate of drug-likeness (QED) is 0.281. The van der Waals surface area contributed by atoms with Crippen LogP contribution in [0.4, 0.5) is 33.5 Å². The first-order chi connectivity index (χ1) is 18.2. The van der Waals surface area contributed by atoms with Crippen molar-refractivity contribution in [3.8, 4) is 0 Å². The molecule has 188 valence electrons. The molecule has 1 aliphatic rings. The third-order valence-electron chi connectivity index (χ3n) is 5.82. The van der Waals surface area contributed by atoms with Crippen LogP contribution in [0.15, 0.2) is 95.2 Å². The van der Waals surface area contributed by atoms with Crippen molar-refractivity contribution < 1.29 is 9.53 Å². The molecule has 0 radical (unpaired) electrons. The van der Waals surface area contributed by atoms with E-state index < -0.39 is 6.09 Å². The Kier molecular flexibility index (Phi) is 7.81. The predicted octanol–water partition coefficient (Wildman–Crippen LogP) is 6.66. The number of anilines is 5. The van der Waals surface area contributed by atoms with E-state index in [0.717, 1.165) is 58.9 Å². The monoisotopic (exact) mass is 512 g/mol. The highest BCUT2D eigenvalue weighted by Gasteiger charge is 2.25. The van der Waals surface area contributed by atoms with Gasteiger partial charge in [-0.15, -0.1) is 0 Å². The zero-order valence-corrected chi connectivity index (χ0v) is 21.4. The Morgan fingerprint density at radius 2 is 1.68 bits per heavy atom. The molecule has 9 heteroatoms. The summed E-state index contributed by atoms with van der Waals surface area (Å²) in [5.41, 5.74) is 2.57. The summed E-state index contributed by atoms with van der Waals surface area (Å²) in [5.74, 6) is 1.64. The fourth-order valence-corrected chi connectivity index (χ4v) is 4.98. The third kappa shape index (κ3) is 6.00. The van der Waals surface area contributed by atoms with E-state index in [1.165, 1.54) is 11.8 Å². The summed E-state index contributed by atoms with van der Waals surface area (Å²) in [7, 11) is 0. The van der Waals surface area contributed by atoms with Gasteiger partial charge in [-0.25, -0.2) is 14.8 Å². The van der Waals surface area contributed by atoms with Crippen LogP contribution in [0.25, 0.3) is 0 Å². The van der Waals surface area contributed by atoms with E-state index in [4.69, 9.17) is 14.7 Å². The first kappa shape index (κ1) is 24.6. The van der Waals surface area contributed by atoms with E-state index >= 15 is 0 Å². The molecule has 4 aromatic rings. The molecule has 0 unspecified atom stereocenters. The summed E-state index contributed by atoms with van der Waals surface area (Å²) in [4.78, 5) is 31.4. The van der Waals surface area contributed by atoms with Crippen molar-refractivity contribution in [2.24, 2.45) is 0 Å². The summed E-state index contributed by atoms with van der Waals surface area (Å²) in [5, 5.41) is 3.43. The van der Waals surface area contributed by atoms with Gasteiger partial charge in [0.05, 0.1) is 24.7 Å². The first-order valence-electron chi connectivity index (χ1n) is 12.3. The highest BCUT2D eigenvalue weighted by molar-refractivity contribution is 7.99. The van der Waals surface area contributed by atoms with Crippen molar-refractivity contribution in [3.05, 3.63) is 85.3 Å². The lowest BCUT2D eigenvalue weighted by Gasteiger charge is -2.29. The summed E-state index contributed by atoms with van der Waals surface area (Å²) in [6.07, 6.45) is 6.90. The van der Waals surface area contributed by atoms with Crippen LogP contribution >= 0.6 is 11.8 Å². The topological polar surface area (TPSA) is 83.5 Å². The molecule has 0 aliphatic carbocycles. The highest BCUT2D eigenvalue weighted by atomic mass is 32.2. The molecule has 1 N–H and O–H groups in total. The van der Waals surface area contributed by atoms with Crippen LogP contribution < -0.4 is 15.1 Å². The lowest BCUT2D eigenvalue weighted by Crippen LogP contribution is -2.24. The van der Waals surface area contributed by atoms with E-state index in [-0.39, 0.29) is 0 Å². The minimum absolute atomic E-state index is 0.300. The number of nitrogens with zero attached hydrogens (tertiary/aromatic N) is 5. The predicted molar refractivity (Wildman–Crippen MR) is 147 cm³/mol. The number of hydrogen-bond donors (Lipinski definition) is 1. The molecule has 0 saturated carbocycles. The SMILES string of the molecule is CCOC(=O)Nc1cncc(Sc2cnc(N3CCCC3)c(N(c3ccccc3)c3ccccc3)n2)c1. The van der Waals surface area contributed by atoms with Crippen LogP contribution in [0.5, 0.6) is 0 Å². The van der Waals surface area contributed by atoms with E-state index in [0.29, 0.717) is 12.3 Å². The van der Waals surface area contributed by atoms with Gasteiger partial charge < -0.3 is 9.64 Å². The molecular formula is C28H28N6O2S. The van der Waals surface area contributed by atoms with Gasteiger partial charge in [-0.2, -0.15) is 0 Å².